The van der Waals surface area contributed by atoms with Crippen molar-refractivity contribution in [2.75, 3.05) is 46.6 Å². The van der Waals surface area contributed by atoms with Gasteiger partial charge in [0.25, 0.3) is 0 Å². The predicted molar refractivity (Wildman–Crippen MR) is 114 cm³/mol. The number of hydrogen-bond donors (Lipinski definition) is 1. The molecule has 0 amide bonds. The van der Waals surface area contributed by atoms with Gasteiger partial charge in [0.15, 0.2) is 5.96 Å². The third-order valence-corrected chi connectivity index (χ3v) is 4.39. The number of aliphatic imine (C=N–C) groups is 1. The van der Waals surface area contributed by atoms with E-state index in [4.69, 9.17) is 21.1 Å². The van der Waals surface area contributed by atoms with Crippen molar-refractivity contribution < 1.29 is 13.9 Å². The first-order chi connectivity index (χ1) is 12.1. The Bertz CT molecular complexity index is 577. The number of halogens is 3. The molecule has 1 unspecified atom stereocenters. The van der Waals surface area contributed by atoms with Gasteiger partial charge >= 0.3 is 0 Å². The summed E-state index contributed by atoms with van der Waals surface area (Å²) in [7, 11) is 1.67. The normalized spacial score (nSPS) is 17.3. The molecule has 0 aliphatic carbocycles. The van der Waals surface area contributed by atoms with Gasteiger partial charge in [-0.2, -0.15) is 0 Å². The summed E-state index contributed by atoms with van der Waals surface area (Å²) in [5.41, 5.74) is 0.889. The van der Waals surface area contributed by atoms with Crippen LogP contribution in [0.5, 0.6) is 0 Å². The third kappa shape index (κ3) is 7.54. The van der Waals surface area contributed by atoms with Gasteiger partial charge in [-0.15, -0.1) is 24.0 Å². The molecule has 1 aliphatic rings. The van der Waals surface area contributed by atoms with Gasteiger partial charge < -0.3 is 19.7 Å². The quantitative estimate of drug-likeness (QED) is 0.257. The van der Waals surface area contributed by atoms with Gasteiger partial charge in [0, 0.05) is 32.7 Å². The maximum absolute atomic E-state index is 13.2. The number of guanidine groups is 1. The lowest BCUT2D eigenvalue weighted by Crippen LogP contribution is -2.40. The molecule has 5 nitrogen and oxygen atoms in total. The summed E-state index contributed by atoms with van der Waals surface area (Å²) in [5, 5.41) is 3.46. The number of likely N-dealkylation sites (tertiary alicyclic amines) is 1. The summed E-state index contributed by atoms with van der Waals surface area (Å²) >= 11 is 5.84. The summed E-state index contributed by atoms with van der Waals surface area (Å²) < 4.78 is 23.9. The van der Waals surface area contributed by atoms with Crippen LogP contribution in [-0.2, 0) is 16.0 Å². The molecule has 2 rings (SSSR count). The summed E-state index contributed by atoms with van der Waals surface area (Å²) in [6.07, 6.45) is 1.08. The van der Waals surface area contributed by atoms with E-state index in [1.54, 1.807) is 19.2 Å². The van der Waals surface area contributed by atoms with Crippen molar-refractivity contribution >= 4 is 41.5 Å². The zero-order chi connectivity index (χ0) is 18.1. The minimum absolute atomic E-state index is 0. The van der Waals surface area contributed by atoms with Crippen LogP contribution in [-0.4, -0.2) is 57.4 Å². The number of nitrogens with zero attached hydrogens (tertiary/aromatic N) is 2. The third-order valence-electron chi connectivity index (χ3n) is 4.10. The molecule has 1 heterocycles. The van der Waals surface area contributed by atoms with Crippen molar-refractivity contribution in [2.24, 2.45) is 10.9 Å². The van der Waals surface area contributed by atoms with Gasteiger partial charge in [-0.25, -0.2) is 9.38 Å². The van der Waals surface area contributed by atoms with E-state index in [9.17, 15) is 4.39 Å². The molecule has 0 saturated carbocycles. The molecule has 26 heavy (non-hydrogen) atoms. The maximum atomic E-state index is 13.2. The monoisotopic (exact) mass is 499 g/mol. The topological polar surface area (TPSA) is 46.1 Å². The van der Waals surface area contributed by atoms with Crippen LogP contribution in [0.15, 0.2) is 23.2 Å². The second-order valence-corrected chi connectivity index (χ2v) is 6.49. The highest BCUT2D eigenvalue weighted by atomic mass is 127. The lowest BCUT2D eigenvalue weighted by Gasteiger charge is -2.21. The Kier molecular flexibility index (Phi) is 11.4. The summed E-state index contributed by atoms with van der Waals surface area (Å²) in [6, 6.07) is 4.72. The van der Waals surface area contributed by atoms with E-state index in [2.05, 4.69) is 15.2 Å². The minimum Gasteiger partial charge on any atom is -0.382 e. The van der Waals surface area contributed by atoms with Crippen LogP contribution in [0.4, 0.5) is 4.39 Å². The van der Waals surface area contributed by atoms with Gasteiger partial charge in [0.1, 0.15) is 5.82 Å². The number of nitrogens with one attached hydrogen (secondary N) is 1. The summed E-state index contributed by atoms with van der Waals surface area (Å²) in [5.74, 6) is 0.973. The van der Waals surface area contributed by atoms with Crippen molar-refractivity contribution in [3.8, 4) is 0 Å². The second kappa shape index (κ2) is 12.7. The van der Waals surface area contributed by atoms with Crippen LogP contribution in [0.2, 0.25) is 5.02 Å². The molecule has 0 bridgehead atoms. The fraction of sp³-hybridized carbons (Fsp3) is 0.611. The highest BCUT2D eigenvalue weighted by molar-refractivity contribution is 14.0. The van der Waals surface area contributed by atoms with Crippen molar-refractivity contribution in [3.05, 3.63) is 34.6 Å². The molecule has 1 fully saturated rings. The first kappa shape index (κ1) is 23.4. The largest absolute Gasteiger partial charge is 0.382 e. The SMILES string of the molecule is CCNC(=NCc1ccc(F)c(Cl)c1)N1CCC(COCCOC)C1.I. The number of hydrogen-bond acceptors (Lipinski definition) is 3. The molecule has 1 aliphatic heterocycles. The molecule has 1 aromatic carbocycles. The molecular formula is C18H28ClFIN3O2. The summed E-state index contributed by atoms with van der Waals surface area (Å²) in [4.78, 5) is 6.92. The fourth-order valence-corrected chi connectivity index (χ4v) is 2.99. The maximum Gasteiger partial charge on any atom is 0.194 e. The Labute approximate surface area is 177 Å². The zero-order valence-electron chi connectivity index (χ0n) is 15.3. The first-order valence-corrected chi connectivity index (χ1v) is 9.05. The average Bonchev–Trinajstić information content (AvgIpc) is 3.07. The van der Waals surface area contributed by atoms with Crippen LogP contribution in [0.1, 0.15) is 18.9 Å². The van der Waals surface area contributed by atoms with Gasteiger partial charge in [-0.1, -0.05) is 17.7 Å². The highest BCUT2D eigenvalue weighted by Gasteiger charge is 2.24. The van der Waals surface area contributed by atoms with Crippen molar-refractivity contribution in [3.63, 3.8) is 0 Å². The molecule has 148 valence electrons. The molecule has 1 atom stereocenters. The van der Waals surface area contributed by atoms with E-state index < -0.39 is 5.82 Å². The molecular weight excluding hydrogens is 472 g/mol. The van der Waals surface area contributed by atoms with Gasteiger partial charge in [-0.05, 0) is 31.0 Å². The van der Waals surface area contributed by atoms with E-state index in [1.807, 2.05) is 6.92 Å². The predicted octanol–water partition coefficient (Wildman–Crippen LogP) is 3.55. The summed E-state index contributed by atoms with van der Waals surface area (Å²) in [6.45, 7) is 7.19. The standard InChI is InChI=1S/C18H27ClFN3O2.HI/c1-3-21-18(22-11-14-4-5-17(20)16(19)10-14)23-7-6-15(12-23)13-25-9-8-24-2;/h4-5,10,15H,3,6-9,11-13H2,1-2H3,(H,21,22);1H. The second-order valence-electron chi connectivity index (χ2n) is 6.09. The van der Waals surface area contributed by atoms with Crippen LogP contribution in [0.25, 0.3) is 0 Å². The van der Waals surface area contributed by atoms with E-state index in [0.717, 1.165) is 44.2 Å². The van der Waals surface area contributed by atoms with Gasteiger partial charge in [-0.3, -0.25) is 0 Å². The number of methoxy groups -OCH3 is 1. The fourth-order valence-electron chi connectivity index (χ4n) is 2.78. The van der Waals surface area contributed by atoms with Gasteiger partial charge in [0.2, 0.25) is 0 Å². The highest BCUT2D eigenvalue weighted by Crippen LogP contribution is 2.18. The number of rotatable bonds is 8. The van der Waals surface area contributed by atoms with Crippen LogP contribution in [0, 0.1) is 11.7 Å². The lowest BCUT2D eigenvalue weighted by molar-refractivity contribution is 0.0536. The Morgan fingerprint density at radius 1 is 1.42 bits per heavy atom. The molecule has 0 spiro atoms. The Balaban J connectivity index is 0.00000338. The Morgan fingerprint density at radius 3 is 2.92 bits per heavy atom. The van der Waals surface area contributed by atoms with Gasteiger partial charge in [0.05, 0.1) is 31.4 Å². The van der Waals surface area contributed by atoms with Crippen LogP contribution < -0.4 is 5.32 Å². The Morgan fingerprint density at radius 2 is 2.23 bits per heavy atom. The smallest absolute Gasteiger partial charge is 0.194 e. The molecule has 0 aromatic heterocycles. The molecule has 1 aromatic rings. The molecule has 0 radical (unpaired) electrons. The van der Waals surface area contributed by atoms with E-state index in [0.29, 0.717) is 25.7 Å². The van der Waals surface area contributed by atoms with E-state index in [-0.39, 0.29) is 29.0 Å². The molecule has 8 heteroatoms. The van der Waals surface area contributed by atoms with Crippen molar-refractivity contribution in [1.29, 1.82) is 0 Å². The van der Waals surface area contributed by atoms with Crippen LogP contribution in [0.3, 0.4) is 0 Å². The van der Waals surface area contributed by atoms with Crippen molar-refractivity contribution in [2.45, 2.75) is 19.9 Å². The minimum atomic E-state index is -0.405. The van der Waals surface area contributed by atoms with E-state index in [1.165, 1.54) is 6.07 Å². The molecule has 1 saturated heterocycles. The van der Waals surface area contributed by atoms with Crippen molar-refractivity contribution in [1.82, 2.24) is 10.2 Å². The zero-order valence-corrected chi connectivity index (χ0v) is 18.4. The number of ether oxygens (including phenoxy) is 2. The van der Waals surface area contributed by atoms with Crippen LogP contribution >= 0.6 is 35.6 Å². The lowest BCUT2D eigenvalue weighted by atomic mass is 10.1. The first-order valence-electron chi connectivity index (χ1n) is 8.68. The molecule has 1 N–H and O–H groups in total. The average molecular weight is 500 g/mol. The number of benzene rings is 1. The Hall–Kier alpha value is -0.640. The van der Waals surface area contributed by atoms with E-state index >= 15 is 0 Å².